The molecule has 5 heteroatoms. The quantitative estimate of drug-likeness (QED) is 0.872. The highest BCUT2D eigenvalue weighted by Gasteiger charge is 2.19. The summed E-state index contributed by atoms with van der Waals surface area (Å²) < 4.78 is 5.70. The van der Waals surface area contributed by atoms with Gasteiger partial charge in [0.2, 0.25) is 5.89 Å². The van der Waals surface area contributed by atoms with Crippen LogP contribution < -0.4 is 4.90 Å². The Hall–Kier alpha value is -2.32. The lowest BCUT2D eigenvalue weighted by Crippen LogP contribution is -2.31. The first kappa shape index (κ1) is 15.6. The fourth-order valence-electron chi connectivity index (χ4n) is 3.01. The summed E-state index contributed by atoms with van der Waals surface area (Å²) >= 11 is 0. The van der Waals surface area contributed by atoms with Crippen LogP contribution in [-0.2, 0) is 6.54 Å². The summed E-state index contributed by atoms with van der Waals surface area (Å²) in [5, 5.41) is 9.29. The van der Waals surface area contributed by atoms with Crippen molar-refractivity contribution in [2.24, 2.45) is 0 Å². The Morgan fingerprint density at radius 3 is 2.74 bits per heavy atom. The zero-order valence-electron chi connectivity index (χ0n) is 13.7. The maximum Gasteiger partial charge on any atom is 0.208 e. The molecular formula is C18H22N4O. The second-order valence-electron chi connectivity index (χ2n) is 5.99. The van der Waals surface area contributed by atoms with E-state index in [-0.39, 0.29) is 0 Å². The lowest BCUT2D eigenvalue weighted by atomic mass is 10.1. The molecule has 0 spiro atoms. The Morgan fingerprint density at radius 2 is 2.00 bits per heavy atom. The van der Waals surface area contributed by atoms with Crippen LogP contribution in [0.1, 0.15) is 29.3 Å². The molecule has 3 rings (SSSR count). The highest BCUT2D eigenvalue weighted by Crippen LogP contribution is 2.21. The second-order valence-corrected chi connectivity index (χ2v) is 5.99. The van der Waals surface area contributed by atoms with Gasteiger partial charge in [0, 0.05) is 26.2 Å². The molecule has 1 aliphatic rings. The third-order valence-electron chi connectivity index (χ3n) is 4.39. The van der Waals surface area contributed by atoms with E-state index < -0.39 is 0 Å². The monoisotopic (exact) mass is 310 g/mol. The summed E-state index contributed by atoms with van der Waals surface area (Å²) in [4.78, 5) is 9.16. The molecule has 1 fully saturated rings. The predicted octanol–water partition coefficient (Wildman–Crippen LogP) is 2.88. The molecule has 0 unspecified atom stereocenters. The maximum atomic E-state index is 9.29. The smallest absolute Gasteiger partial charge is 0.208 e. The van der Waals surface area contributed by atoms with Gasteiger partial charge < -0.3 is 9.32 Å². The van der Waals surface area contributed by atoms with Crippen LogP contribution in [0.15, 0.2) is 28.7 Å². The van der Waals surface area contributed by atoms with E-state index in [0.29, 0.717) is 0 Å². The van der Waals surface area contributed by atoms with E-state index in [4.69, 9.17) is 4.42 Å². The molecule has 0 bridgehead atoms. The van der Waals surface area contributed by atoms with Crippen LogP contribution in [0.5, 0.6) is 0 Å². The van der Waals surface area contributed by atoms with Crippen LogP contribution in [0.2, 0.25) is 0 Å². The molecule has 2 heterocycles. The minimum absolute atomic E-state index is 0.750. The number of hydrogen-bond donors (Lipinski definition) is 0. The van der Waals surface area contributed by atoms with E-state index in [9.17, 15) is 5.26 Å². The summed E-state index contributed by atoms with van der Waals surface area (Å²) in [5.74, 6) is 1.70. The third-order valence-corrected chi connectivity index (χ3v) is 4.39. The van der Waals surface area contributed by atoms with Crippen LogP contribution in [0.4, 0.5) is 5.69 Å². The molecule has 0 atom stereocenters. The van der Waals surface area contributed by atoms with Crippen molar-refractivity contribution in [1.82, 2.24) is 9.88 Å². The molecule has 120 valence electrons. The van der Waals surface area contributed by atoms with Gasteiger partial charge in [0.05, 0.1) is 23.5 Å². The Kier molecular flexibility index (Phi) is 4.63. The van der Waals surface area contributed by atoms with Gasteiger partial charge in [-0.05, 0) is 32.4 Å². The van der Waals surface area contributed by atoms with Gasteiger partial charge in [-0.2, -0.15) is 5.26 Å². The third kappa shape index (κ3) is 3.54. The first-order valence-electron chi connectivity index (χ1n) is 8.06. The SMILES string of the molecule is Cc1nc(CN2CCCN(c3ccccc3C#N)CC2)oc1C. The number of oxazole rings is 1. The van der Waals surface area contributed by atoms with Crippen molar-refractivity contribution in [2.75, 3.05) is 31.1 Å². The van der Waals surface area contributed by atoms with Crippen LogP contribution in [0.25, 0.3) is 0 Å². The Bertz CT molecular complexity index is 697. The molecule has 0 radical (unpaired) electrons. The molecular weight excluding hydrogens is 288 g/mol. The molecule has 0 aliphatic carbocycles. The summed E-state index contributed by atoms with van der Waals surface area (Å²) in [5.41, 5.74) is 2.76. The molecule has 1 saturated heterocycles. The standard InChI is InChI=1S/C18H22N4O/c1-14-15(2)23-18(20-14)13-21-8-5-9-22(11-10-21)17-7-4-3-6-16(17)12-19/h3-4,6-7H,5,8-11,13H2,1-2H3. The van der Waals surface area contributed by atoms with Crippen LogP contribution in [0, 0.1) is 25.2 Å². The molecule has 23 heavy (non-hydrogen) atoms. The highest BCUT2D eigenvalue weighted by atomic mass is 16.4. The van der Waals surface area contributed by atoms with Crippen molar-refractivity contribution in [3.63, 3.8) is 0 Å². The molecule has 2 aromatic rings. The van der Waals surface area contributed by atoms with Crippen molar-refractivity contribution in [1.29, 1.82) is 5.26 Å². The minimum Gasteiger partial charge on any atom is -0.444 e. The van der Waals surface area contributed by atoms with E-state index in [1.165, 1.54) is 0 Å². The molecule has 0 saturated carbocycles. The Labute approximate surface area is 137 Å². The lowest BCUT2D eigenvalue weighted by Gasteiger charge is -2.24. The number of nitrogens with zero attached hydrogens (tertiary/aromatic N) is 4. The first-order chi connectivity index (χ1) is 11.2. The Balaban J connectivity index is 1.66. The van der Waals surface area contributed by atoms with E-state index in [0.717, 1.165) is 67.7 Å². The van der Waals surface area contributed by atoms with Crippen molar-refractivity contribution in [3.8, 4) is 6.07 Å². The number of benzene rings is 1. The summed E-state index contributed by atoms with van der Waals surface area (Å²) in [6.45, 7) is 8.53. The Morgan fingerprint density at radius 1 is 1.17 bits per heavy atom. The summed E-state index contributed by atoms with van der Waals surface area (Å²) in [6, 6.07) is 10.1. The number of nitriles is 1. The van der Waals surface area contributed by atoms with Gasteiger partial charge in [-0.15, -0.1) is 0 Å². The van der Waals surface area contributed by atoms with Gasteiger partial charge in [-0.1, -0.05) is 12.1 Å². The molecule has 0 amide bonds. The topological polar surface area (TPSA) is 56.3 Å². The maximum absolute atomic E-state index is 9.29. The van der Waals surface area contributed by atoms with Crippen molar-refractivity contribution in [2.45, 2.75) is 26.8 Å². The average molecular weight is 310 g/mol. The number of para-hydroxylation sites is 1. The van der Waals surface area contributed by atoms with Crippen molar-refractivity contribution >= 4 is 5.69 Å². The largest absolute Gasteiger partial charge is 0.444 e. The zero-order chi connectivity index (χ0) is 16.2. The molecule has 1 aliphatic heterocycles. The van der Waals surface area contributed by atoms with Gasteiger partial charge in [-0.3, -0.25) is 4.90 Å². The number of hydrogen-bond acceptors (Lipinski definition) is 5. The second kappa shape index (κ2) is 6.84. The summed E-state index contributed by atoms with van der Waals surface area (Å²) in [7, 11) is 0. The highest BCUT2D eigenvalue weighted by molar-refractivity contribution is 5.59. The van der Waals surface area contributed by atoms with Crippen molar-refractivity contribution < 1.29 is 4.42 Å². The molecule has 1 aromatic carbocycles. The average Bonchev–Trinajstić information content (AvgIpc) is 2.76. The number of aryl methyl sites for hydroxylation is 2. The van der Waals surface area contributed by atoms with E-state index in [1.807, 2.05) is 38.1 Å². The molecule has 0 N–H and O–H groups in total. The minimum atomic E-state index is 0.750. The van der Waals surface area contributed by atoms with Crippen molar-refractivity contribution in [3.05, 3.63) is 47.2 Å². The molecule has 1 aromatic heterocycles. The number of rotatable bonds is 3. The van der Waals surface area contributed by atoms with Crippen LogP contribution in [-0.4, -0.2) is 36.1 Å². The zero-order valence-corrected chi connectivity index (χ0v) is 13.7. The van der Waals surface area contributed by atoms with Gasteiger partial charge >= 0.3 is 0 Å². The number of aromatic nitrogens is 1. The van der Waals surface area contributed by atoms with Gasteiger partial charge in [0.25, 0.3) is 0 Å². The predicted molar refractivity (Wildman–Crippen MR) is 89.2 cm³/mol. The fourth-order valence-corrected chi connectivity index (χ4v) is 3.01. The van der Waals surface area contributed by atoms with E-state index in [2.05, 4.69) is 20.9 Å². The normalized spacial score (nSPS) is 16.1. The number of anilines is 1. The van der Waals surface area contributed by atoms with Gasteiger partial charge in [0.1, 0.15) is 11.8 Å². The van der Waals surface area contributed by atoms with Gasteiger partial charge in [-0.25, -0.2) is 4.98 Å². The van der Waals surface area contributed by atoms with E-state index >= 15 is 0 Å². The summed E-state index contributed by atoms with van der Waals surface area (Å²) in [6.07, 6.45) is 1.07. The molecule has 5 nitrogen and oxygen atoms in total. The fraction of sp³-hybridized carbons (Fsp3) is 0.444. The van der Waals surface area contributed by atoms with Crippen LogP contribution >= 0.6 is 0 Å². The first-order valence-corrected chi connectivity index (χ1v) is 8.06. The van der Waals surface area contributed by atoms with Gasteiger partial charge in [0.15, 0.2) is 0 Å². The lowest BCUT2D eigenvalue weighted by molar-refractivity contribution is 0.253. The van der Waals surface area contributed by atoms with Crippen LogP contribution in [0.3, 0.4) is 0 Å². The van der Waals surface area contributed by atoms with E-state index in [1.54, 1.807) is 0 Å².